The summed E-state index contributed by atoms with van der Waals surface area (Å²) >= 11 is 6.30. The van der Waals surface area contributed by atoms with Crippen LogP contribution in [0, 0.1) is 18.7 Å². The summed E-state index contributed by atoms with van der Waals surface area (Å²) in [6.07, 6.45) is 6.79. The summed E-state index contributed by atoms with van der Waals surface area (Å²) < 4.78 is 21.6. The fourth-order valence-electron chi connectivity index (χ4n) is 6.05. The number of hydrogen-bond donors (Lipinski definition) is 0. The van der Waals surface area contributed by atoms with Crippen LogP contribution in [0.25, 0.3) is 5.70 Å². The average Bonchev–Trinajstić information content (AvgIpc) is 3.61. The Kier molecular flexibility index (Phi) is 7.65. The van der Waals surface area contributed by atoms with E-state index in [-0.39, 0.29) is 5.82 Å². The molecule has 2 aromatic rings. The minimum absolute atomic E-state index is 0.209. The van der Waals surface area contributed by atoms with E-state index in [0.29, 0.717) is 36.1 Å². The standard InChI is InChI=1S/C31H40ClFN2O/c1-20-14-26(16-27(32)15-20)22(3)34-12-9-24(10-13-34)19-36-31-18-30(33)28(17-29(31)25-7-8-25)23(4)35-11-5-6-21(35)2/h14-18,21-22,24-25H,4-13,19H2,1-3H3. The van der Waals surface area contributed by atoms with E-state index in [1.807, 2.05) is 12.1 Å². The lowest BCUT2D eigenvalue weighted by molar-refractivity contribution is 0.112. The van der Waals surface area contributed by atoms with Gasteiger partial charge in [-0.1, -0.05) is 24.2 Å². The van der Waals surface area contributed by atoms with Crippen LogP contribution in [0.15, 0.2) is 36.9 Å². The molecule has 194 valence electrons. The van der Waals surface area contributed by atoms with Gasteiger partial charge >= 0.3 is 0 Å². The molecule has 36 heavy (non-hydrogen) atoms. The molecule has 0 bridgehead atoms. The van der Waals surface area contributed by atoms with Gasteiger partial charge < -0.3 is 9.64 Å². The number of likely N-dealkylation sites (tertiary alicyclic amines) is 2. The molecule has 5 rings (SSSR count). The number of benzene rings is 2. The zero-order valence-electron chi connectivity index (χ0n) is 22.0. The number of aryl methyl sites for hydroxylation is 1. The SMILES string of the molecule is C=C(c1cc(C2CC2)c(OCC2CCN(C(C)c3cc(C)cc(Cl)c3)CC2)cc1F)N1CCCC1C. The molecule has 0 N–H and O–H groups in total. The Balaban J connectivity index is 1.21. The number of rotatable bonds is 8. The Morgan fingerprint density at radius 2 is 1.83 bits per heavy atom. The largest absolute Gasteiger partial charge is 0.493 e. The molecule has 2 aromatic carbocycles. The van der Waals surface area contributed by atoms with E-state index in [9.17, 15) is 0 Å². The highest BCUT2D eigenvalue weighted by Crippen LogP contribution is 2.46. The Morgan fingerprint density at radius 1 is 1.08 bits per heavy atom. The first-order valence-corrected chi connectivity index (χ1v) is 14.1. The van der Waals surface area contributed by atoms with Crippen LogP contribution in [0.1, 0.15) is 86.6 Å². The lowest BCUT2D eigenvalue weighted by Gasteiger charge is -2.36. The maximum Gasteiger partial charge on any atom is 0.136 e. The molecule has 5 heteroatoms. The third-order valence-corrected chi connectivity index (χ3v) is 8.76. The van der Waals surface area contributed by atoms with Gasteiger partial charge in [-0.15, -0.1) is 0 Å². The van der Waals surface area contributed by atoms with Gasteiger partial charge in [0.2, 0.25) is 0 Å². The summed E-state index contributed by atoms with van der Waals surface area (Å²) in [5, 5.41) is 0.809. The monoisotopic (exact) mass is 510 g/mol. The first-order valence-electron chi connectivity index (χ1n) is 13.7. The first-order chi connectivity index (χ1) is 17.3. The molecule has 2 atom stereocenters. The average molecular weight is 511 g/mol. The second-order valence-electron chi connectivity index (χ2n) is 11.3. The van der Waals surface area contributed by atoms with Gasteiger partial charge in [0.1, 0.15) is 11.6 Å². The van der Waals surface area contributed by atoms with E-state index in [2.05, 4.69) is 49.3 Å². The van der Waals surface area contributed by atoms with Gasteiger partial charge in [-0.2, -0.15) is 0 Å². The fraction of sp³-hybridized carbons (Fsp3) is 0.548. The Bertz CT molecular complexity index is 1090. The number of ether oxygens (including phenoxy) is 1. The number of piperidine rings is 1. The lowest BCUT2D eigenvalue weighted by Crippen LogP contribution is -2.37. The van der Waals surface area contributed by atoms with E-state index in [4.69, 9.17) is 16.3 Å². The molecule has 0 spiro atoms. The van der Waals surface area contributed by atoms with Gasteiger partial charge in [0, 0.05) is 41.0 Å². The minimum Gasteiger partial charge on any atom is -0.493 e. The quantitative estimate of drug-likeness (QED) is 0.358. The van der Waals surface area contributed by atoms with E-state index < -0.39 is 0 Å². The Morgan fingerprint density at radius 3 is 2.47 bits per heavy atom. The topological polar surface area (TPSA) is 15.7 Å². The zero-order valence-corrected chi connectivity index (χ0v) is 22.8. The van der Waals surface area contributed by atoms with E-state index in [1.54, 1.807) is 6.07 Å². The molecule has 3 nitrogen and oxygen atoms in total. The van der Waals surface area contributed by atoms with Crippen LogP contribution in [-0.4, -0.2) is 42.1 Å². The maximum absolute atomic E-state index is 15.3. The molecule has 1 saturated carbocycles. The van der Waals surface area contributed by atoms with E-state index in [0.717, 1.165) is 74.6 Å². The van der Waals surface area contributed by atoms with Crippen LogP contribution in [0.5, 0.6) is 5.75 Å². The third kappa shape index (κ3) is 5.60. The molecule has 3 fully saturated rings. The molecule has 2 aliphatic heterocycles. The van der Waals surface area contributed by atoms with Crippen LogP contribution < -0.4 is 4.74 Å². The Hall–Kier alpha value is -2.04. The highest BCUT2D eigenvalue weighted by atomic mass is 35.5. The highest BCUT2D eigenvalue weighted by Gasteiger charge is 2.31. The molecule has 2 unspecified atom stereocenters. The summed E-state index contributed by atoms with van der Waals surface area (Å²) in [5.41, 5.74) is 5.13. The van der Waals surface area contributed by atoms with Crippen molar-refractivity contribution in [1.82, 2.24) is 9.80 Å². The van der Waals surface area contributed by atoms with Crippen molar-refractivity contribution in [2.24, 2.45) is 5.92 Å². The smallest absolute Gasteiger partial charge is 0.136 e. The first kappa shape index (κ1) is 25.6. The molecule has 0 radical (unpaired) electrons. The Labute approximate surface area is 221 Å². The van der Waals surface area contributed by atoms with Crippen LogP contribution in [0.4, 0.5) is 4.39 Å². The van der Waals surface area contributed by atoms with Crippen molar-refractivity contribution < 1.29 is 9.13 Å². The van der Waals surface area contributed by atoms with Crippen LogP contribution >= 0.6 is 11.6 Å². The number of hydrogen-bond acceptors (Lipinski definition) is 3. The van der Waals surface area contributed by atoms with Crippen molar-refractivity contribution in [1.29, 1.82) is 0 Å². The summed E-state index contributed by atoms with van der Waals surface area (Å²) in [7, 11) is 0. The summed E-state index contributed by atoms with van der Waals surface area (Å²) in [6.45, 7) is 14.5. The highest BCUT2D eigenvalue weighted by molar-refractivity contribution is 6.30. The van der Waals surface area contributed by atoms with Gasteiger partial charge in [-0.3, -0.25) is 4.90 Å². The van der Waals surface area contributed by atoms with Gasteiger partial charge in [-0.25, -0.2) is 4.39 Å². The van der Waals surface area contributed by atoms with Gasteiger partial charge in [0.15, 0.2) is 0 Å². The molecule has 1 aliphatic carbocycles. The minimum atomic E-state index is -0.209. The molecule has 0 aromatic heterocycles. The fourth-order valence-corrected chi connectivity index (χ4v) is 6.35. The zero-order chi connectivity index (χ0) is 25.4. The van der Waals surface area contributed by atoms with Crippen molar-refractivity contribution in [2.45, 2.75) is 77.3 Å². The van der Waals surface area contributed by atoms with Crippen molar-refractivity contribution in [3.8, 4) is 5.75 Å². The van der Waals surface area contributed by atoms with Crippen molar-refractivity contribution in [3.63, 3.8) is 0 Å². The molecular formula is C31H40ClFN2O. The molecule has 0 amide bonds. The van der Waals surface area contributed by atoms with Gasteiger partial charge in [0.05, 0.1) is 6.61 Å². The second kappa shape index (κ2) is 10.8. The predicted molar refractivity (Wildman–Crippen MR) is 147 cm³/mol. The van der Waals surface area contributed by atoms with Crippen LogP contribution in [0.2, 0.25) is 5.02 Å². The van der Waals surface area contributed by atoms with Crippen LogP contribution in [0.3, 0.4) is 0 Å². The van der Waals surface area contributed by atoms with E-state index in [1.165, 1.54) is 16.7 Å². The van der Waals surface area contributed by atoms with Gasteiger partial charge in [0.25, 0.3) is 0 Å². The summed E-state index contributed by atoms with van der Waals surface area (Å²) in [5.74, 6) is 1.52. The summed E-state index contributed by atoms with van der Waals surface area (Å²) in [4.78, 5) is 4.80. The van der Waals surface area contributed by atoms with Crippen molar-refractivity contribution >= 4 is 17.3 Å². The second-order valence-corrected chi connectivity index (χ2v) is 11.7. The normalized spacial score (nSPS) is 22.1. The molecule has 3 aliphatic rings. The summed E-state index contributed by atoms with van der Waals surface area (Å²) in [6, 6.07) is 10.8. The number of nitrogens with zero attached hydrogens (tertiary/aromatic N) is 2. The van der Waals surface area contributed by atoms with Crippen molar-refractivity contribution in [2.75, 3.05) is 26.2 Å². The molecular weight excluding hydrogens is 471 g/mol. The molecule has 2 saturated heterocycles. The molecule has 2 heterocycles. The maximum atomic E-state index is 15.3. The number of halogens is 2. The van der Waals surface area contributed by atoms with Crippen molar-refractivity contribution in [3.05, 3.63) is 70.0 Å². The third-order valence-electron chi connectivity index (χ3n) is 8.55. The van der Waals surface area contributed by atoms with E-state index >= 15 is 4.39 Å². The predicted octanol–water partition coefficient (Wildman–Crippen LogP) is 7.97. The van der Waals surface area contributed by atoms with Crippen LogP contribution in [-0.2, 0) is 0 Å². The van der Waals surface area contributed by atoms with Gasteiger partial charge in [-0.05, 0) is 119 Å². The lowest BCUT2D eigenvalue weighted by atomic mass is 9.95.